The van der Waals surface area contributed by atoms with Gasteiger partial charge in [0.1, 0.15) is 6.54 Å². The van der Waals surface area contributed by atoms with Gasteiger partial charge >= 0.3 is 5.97 Å². The number of aromatic nitrogens is 1. The Balaban J connectivity index is 2.19. The largest absolute Gasteiger partial charge is 0.465 e. The molecule has 108 valence electrons. The van der Waals surface area contributed by atoms with Crippen molar-refractivity contribution in [3.8, 4) is 0 Å². The first-order valence-electron chi connectivity index (χ1n) is 6.31. The second-order valence-electron chi connectivity index (χ2n) is 4.43. The van der Waals surface area contributed by atoms with Crippen LogP contribution in [0.5, 0.6) is 0 Å². The number of hydrogen-bond acceptors (Lipinski definition) is 4. The van der Waals surface area contributed by atoms with Crippen LogP contribution in [0, 0.1) is 11.8 Å². The summed E-state index contributed by atoms with van der Waals surface area (Å²) in [5, 5.41) is 0. The Kier molecular flexibility index (Phi) is 4.26. The summed E-state index contributed by atoms with van der Waals surface area (Å²) in [6, 6.07) is 0.976. The lowest BCUT2D eigenvalue weighted by Crippen LogP contribution is -2.38. The number of nitrogens with zero attached hydrogens (tertiary/aromatic N) is 2. The fraction of sp³-hybridized carbons (Fsp3) is 0.462. The zero-order valence-corrected chi connectivity index (χ0v) is 10.9. The van der Waals surface area contributed by atoms with Crippen molar-refractivity contribution in [3.63, 3.8) is 0 Å². The zero-order chi connectivity index (χ0) is 14.7. The molecule has 0 aromatic carbocycles. The van der Waals surface area contributed by atoms with Gasteiger partial charge in [-0.1, -0.05) is 0 Å². The number of hydrogen-bond donors (Lipinski definition) is 0. The molecule has 1 saturated carbocycles. The van der Waals surface area contributed by atoms with E-state index in [1.54, 1.807) is 6.92 Å². The van der Waals surface area contributed by atoms with Crippen molar-refractivity contribution in [1.29, 1.82) is 0 Å². The molecule has 1 heterocycles. The van der Waals surface area contributed by atoms with E-state index in [2.05, 4.69) is 4.98 Å². The van der Waals surface area contributed by atoms with Gasteiger partial charge in [-0.3, -0.25) is 9.59 Å². The zero-order valence-electron chi connectivity index (χ0n) is 10.9. The number of amides is 1. The van der Waals surface area contributed by atoms with Crippen molar-refractivity contribution in [2.24, 2.45) is 0 Å². The summed E-state index contributed by atoms with van der Waals surface area (Å²) in [5.74, 6) is -3.92. The summed E-state index contributed by atoms with van der Waals surface area (Å²) in [6.45, 7) is 1.59. The molecule has 1 fully saturated rings. The molecule has 0 aliphatic heterocycles. The van der Waals surface area contributed by atoms with E-state index in [1.807, 2.05) is 0 Å². The summed E-state index contributed by atoms with van der Waals surface area (Å²) in [6.07, 6.45) is 2.49. The SMILES string of the molecule is CCOC(=O)CN(C(=O)c1ccnc(F)c1F)C1CC1. The van der Waals surface area contributed by atoms with Crippen LogP contribution < -0.4 is 0 Å². The molecule has 0 radical (unpaired) electrons. The number of esters is 1. The molecule has 0 atom stereocenters. The molecule has 0 N–H and O–H groups in total. The normalized spacial score (nSPS) is 13.9. The third-order valence-electron chi connectivity index (χ3n) is 2.93. The molecule has 2 rings (SSSR count). The van der Waals surface area contributed by atoms with Gasteiger partial charge < -0.3 is 9.64 Å². The quantitative estimate of drug-likeness (QED) is 0.607. The van der Waals surface area contributed by atoms with Crippen molar-refractivity contribution in [1.82, 2.24) is 9.88 Å². The summed E-state index contributed by atoms with van der Waals surface area (Å²) in [7, 11) is 0. The van der Waals surface area contributed by atoms with Gasteiger partial charge in [-0.25, -0.2) is 9.37 Å². The predicted molar refractivity (Wildman–Crippen MR) is 64.8 cm³/mol. The third-order valence-corrected chi connectivity index (χ3v) is 2.93. The van der Waals surface area contributed by atoms with Crippen molar-refractivity contribution < 1.29 is 23.1 Å². The minimum Gasteiger partial charge on any atom is -0.465 e. The van der Waals surface area contributed by atoms with Gasteiger partial charge in [0.15, 0.2) is 5.82 Å². The van der Waals surface area contributed by atoms with Gasteiger partial charge in [-0.15, -0.1) is 0 Å². The van der Waals surface area contributed by atoms with Crippen LogP contribution in [0.3, 0.4) is 0 Å². The van der Waals surface area contributed by atoms with Crippen molar-refractivity contribution in [2.75, 3.05) is 13.2 Å². The highest BCUT2D eigenvalue weighted by molar-refractivity contribution is 5.96. The first-order valence-corrected chi connectivity index (χ1v) is 6.31. The van der Waals surface area contributed by atoms with Crippen LogP contribution in [0.25, 0.3) is 0 Å². The molecule has 5 nitrogen and oxygen atoms in total. The fourth-order valence-electron chi connectivity index (χ4n) is 1.84. The second kappa shape index (κ2) is 5.94. The smallest absolute Gasteiger partial charge is 0.325 e. The van der Waals surface area contributed by atoms with E-state index < -0.39 is 29.2 Å². The number of halogens is 2. The maximum Gasteiger partial charge on any atom is 0.325 e. The van der Waals surface area contributed by atoms with Gasteiger partial charge in [0, 0.05) is 12.2 Å². The first-order chi connectivity index (χ1) is 9.54. The summed E-state index contributed by atoms with van der Waals surface area (Å²) in [4.78, 5) is 28.0. The number of ether oxygens (including phenoxy) is 1. The molecule has 0 saturated heterocycles. The number of pyridine rings is 1. The van der Waals surface area contributed by atoms with Gasteiger partial charge in [-0.05, 0) is 25.8 Å². The van der Waals surface area contributed by atoms with Crippen LogP contribution in [0.4, 0.5) is 8.78 Å². The molecule has 7 heteroatoms. The molecule has 1 aromatic rings. The average molecular weight is 284 g/mol. The number of carbonyl (C=O) groups excluding carboxylic acids is 2. The van der Waals surface area contributed by atoms with Gasteiger partial charge in [0.25, 0.3) is 5.91 Å². The Morgan fingerprint density at radius 1 is 1.45 bits per heavy atom. The first kappa shape index (κ1) is 14.4. The van der Waals surface area contributed by atoms with Crippen LogP contribution >= 0.6 is 0 Å². The van der Waals surface area contributed by atoms with Crippen molar-refractivity contribution in [2.45, 2.75) is 25.8 Å². The summed E-state index contributed by atoms with van der Waals surface area (Å²) in [5.41, 5.74) is -0.423. The van der Waals surface area contributed by atoms with E-state index in [4.69, 9.17) is 4.74 Å². The van der Waals surface area contributed by atoms with Crippen LogP contribution in [-0.4, -0.2) is 41.0 Å². The third kappa shape index (κ3) is 3.09. The van der Waals surface area contributed by atoms with Crippen molar-refractivity contribution in [3.05, 3.63) is 29.6 Å². The Bertz CT molecular complexity index is 532. The highest BCUT2D eigenvalue weighted by atomic mass is 19.2. The van der Waals surface area contributed by atoms with E-state index in [-0.39, 0.29) is 19.2 Å². The molecule has 1 aromatic heterocycles. The Hall–Kier alpha value is -2.05. The molecule has 1 aliphatic carbocycles. The summed E-state index contributed by atoms with van der Waals surface area (Å²) < 4.78 is 31.4. The van der Waals surface area contributed by atoms with Gasteiger partial charge in [0.05, 0.1) is 12.2 Å². The monoisotopic (exact) mass is 284 g/mol. The maximum atomic E-state index is 13.6. The standard InChI is InChI=1S/C13H14F2N2O3/c1-2-20-10(18)7-17(8-3-4-8)13(19)9-5-6-16-12(15)11(9)14/h5-6,8H,2-4,7H2,1H3. The maximum absolute atomic E-state index is 13.6. The lowest BCUT2D eigenvalue weighted by atomic mass is 10.2. The van der Waals surface area contributed by atoms with E-state index >= 15 is 0 Å². The number of rotatable bonds is 5. The predicted octanol–water partition coefficient (Wildman–Crippen LogP) is 1.53. The molecular formula is C13H14F2N2O3. The highest BCUT2D eigenvalue weighted by Gasteiger charge is 2.36. The molecule has 20 heavy (non-hydrogen) atoms. The lowest BCUT2D eigenvalue weighted by Gasteiger charge is -2.21. The van der Waals surface area contributed by atoms with E-state index in [1.165, 1.54) is 4.90 Å². The molecule has 1 aliphatic rings. The molecule has 0 bridgehead atoms. The van der Waals surface area contributed by atoms with Crippen LogP contribution in [-0.2, 0) is 9.53 Å². The van der Waals surface area contributed by atoms with Crippen LogP contribution in [0.2, 0.25) is 0 Å². The molecular weight excluding hydrogens is 270 g/mol. The van der Waals surface area contributed by atoms with Crippen LogP contribution in [0.1, 0.15) is 30.1 Å². The minimum atomic E-state index is -1.33. The second-order valence-corrected chi connectivity index (χ2v) is 4.43. The van der Waals surface area contributed by atoms with Gasteiger partial charge in [0.2, 0.25) is 5.95 Å². The molecule has 0 unspecified atom stereocenters. The summed E-state index contributed by atoms with van der Waals surface area (Å²) >= 11 is 0. The Labute approximate surface area is 114 Å². The average Bonchev–Trinajstić information content (AvgIpc) is 3.23. The highest BCUT2D eigenvalue weighted by Crippen LogP contribution is 2.28. The van der Waals surface area contributed by atoms with Crippen molar-refractivity contribution >= 4 is 11.9 Å². The fourth-order valence-corrected chi connectivity index (χ4v) is 1.84. The molecule has 0 spiro atoms. The minimum absolute atomic E-state index is 0.123. The van der Waals surface area contributed by atoms with E-state index in [9.17, 15) is 18.4 Å². The number of carbonyl (C=O) groups is 2. The van der Waals surface area contributed by atoms with Crippen LogP contribution in [0.15, 0.2) is 12.3 Å². The molecule has 1 amide bonds. The lowest BCUT2D eigenvalue weighted by molar-refractivity contribution is -0.144. The topological polar surface area (TPSA) is 59.5 Å². The van der Waals surface area contributed by atoms with E-state index in [0.29, 0.717) is 0 Å². The Morgan fingerprint density at radius 2 is 2.15 bits per heavy atom. The van der Waals surface area contributed by atoms with E-state index in [0.717, 1.165) is 25.1 Å². The Morgan fingerprint density at radius 3 is 2.75 bits per heavy atom. The van der Waals surface area contributed by atoms with Gasteiger partial charge in [-0.2, -0.15) is 4.39 Å².